The van der Waals surface area contributed by atoms with E-state index in [1.54, 1.807) is 11.3 Å². The molecule has 0 atom stereocenters. The van der Waals surface area contributed by atoms with Gasteiger partial charge in [-0.2, -0.15) is 0 Å². The number of hydrogen-bond acceptors (Lipinski definition) is 4. The predicted octanol–water partition coefficient (Wildman–Crippen LogP) is 3.85. The van der Waals surface area contributed by atoms with E-state index in [1.165, 1.54) is 5.56 Å². The van der Waals surface area contributed by atoms with E-state index in [1.807, 2.05) is 32.2 Å². The minimum Gasteiger partial charge on any atom is -0.492 e. The molecule has 0 aliphatic carbocycles. The van der Waals surface area contributed by atoms with Crippen molar-refractivity contribution in [1.29, 1.82) is 0 Å². The number of ether oxygens (including phenoxy) is 1. The molecule has 0 amide bonds. The molecule has 7 heteroatoms. The minimum absolute atomic E-state index is 0. The van der Waals surface area contributed by atoms with E-state index in [0.29, 0.717) is 13.2 Å². The van der Waals surface area contributed by atoms with Gasteiger partial charge in [0.1, 0.15) is 12.4 Å². The number of rotatable bonds is 7. The molecule has 25 heavy (non-hydrogen) atoms. The van der Waals surface area contributed by atoms with Gasteiger partial charge in [-0.1, -0.05) is 12.1 Å². The average Bonchev–Trinajstić information content (AvgIpc) is 2.95. The number of benzene rings is 1. The Kier molecular flexibility index (Phi) is 9.81. The van der Waals surface area contributed by atoms with Crippen LogP contribution in [0.3, 0.4) is 0 Å². The molecule has 5 nitrogen and oxygen atoms in total. The topological polar surface area (TPSA) is 49.8 Å². The van der Waals surface area contributed by atoms with Gasteiger partial charge in [0.05, 0.1) is 23.8 Å². The van der Waals surface area contributed by atoms with Gasteiger partial charge >= 0.3 is 0 Å². The number of nitrogens with one attached hydrogen (secondary N) is 1. The highest BCUT2D eigenvalue weighted by Crippen LogP contribution is 2.12. The molecule has 0 unspecified atom stereocenters. The van der Waals surface area contributed by atoms with Gasteiger partial charge in [0.25, 0.3) is 0 Å². The third-order valence-corrected chi connectivity index (χ3v) is 4.20. The van der Waals surface area contributed by atoms with Crippen molar-refractivity contribution in [3.05, 3.63) is 45.9 Å². The van der Waals surface area contributed by atoms with Crippen molar-refractivity contribution in [2.24, 2.45) is 4.99 Å². The molecule has 0 spiro atoms. The lowest BCUT2D eigenvalue weighted by atomic mass is 10.2. The van der Waals surface area contributed by atoms with Crippen molar-refractivity contribution in [2.45, 2.75) is 27.3 Å². The summed E-state index contributed by atoms with van der Waals surface area (Å²) in [7, 11) is 2.03. The first-order chi connectivity index (χ1) is 11.6. The fourth-order valence-electron chi connectivity index (χ4n) is 2.29. The van der Waals surface area contributed by atoms with Crippen LogP contribution in [-0.2, 0) is 6.54 Å². The molecule has 0 bridgehead atoms. The van der Waals surface area contributed by atoms with Gasteiger partial charge in [0, 0.05) is 19.0 Å². The Labute approximate surface area is 171 Å². The second kappa shape index (κ2) is 11.3. The Hall–Kier alpha value is -1.35. The van der Waals surface area contributed by atoms with Crippen molar-refractivity contribution in [3.63, 3.8) is 0 Å². The molecule has 0 saturated carbocycles. The van der Waals surface area contributed by atoms with Crippen LogP contribution in [0.5, 0.6) is 5.75 Å². The standard InChI is InChI=1S/C18H26N4OS.HI/c1-5-19-18(22(4)12-16-13-24-15(3)21-16)20-9-10-23-17-8-6-7-14(2)11-17;/h6-8,11,13H,5,9-10,12H2,1-4H3,(H,19,20);1H. The fourth-order valence-corrected chi connectivity index (χ4v) is 2.89. The highest BCUT2D eigenvalue weighted by Gasteiger charge is 2.08. The van der Waals surface area contributed by atoms with Gasteiger partial charge in [-0.05, 0) is 38.5 Å². The maximum Gasteiger partial charge on any atom is 0.194 e. The van der Waals surface area contributed by atoms with Gasteiger partial charge in [0.2, 0.25) is 0 Å². The van der Waals surface area contributed by atoms with Crippen molar-refractivity contribution in [1.82, 2.24) is 15.2 Å². The Morgan fingerprint density at radius 1 is 1.36 bits per heavy atom. The minimum atomic E-state index is 0. The molecule has 138 valence electrons. The Morgan fingerprint density at radius 2 is 2.16 bits per heavy atom. The van der Waals surface area contributed by atoms with Gasteiger partial charge < -0.3 is 15.0 Å². The molecule has 0 aliphatic rings. The average molecular weight is 474 g/mol. The van der Waals surface area contributed by atoms with Crippen LogP contribution in [0.2, 0.25) is 0 Å². The van der Waals surface area contributed by atoms with E-state index in [2.05, 4.69) is 45.5 Å². The molecule has 1 N–H and O–H groups in total. The smallest absolute Gasteiger partial charge is 0.194 e. The summed E-state index contributed by atoms with van der Waals surface area (Å²) in [6.45, 7) is 8.89. The quantitative estimate of drug-likeness (QED) is 0.287. The third kappa shape index (κ3) is 7.60. The summed E-state index contributed by atoms with van der Waals surface area (Å²) in [6.07, 6.45) is 0. The zero-order valence-electron chi connectivity index (χ0n) is 15.3. The number of aryl methyl sites for hydroxylation is 2. The van der Waals surface area contributed by atoms with Gasteiger partial charge in [0.15, 0.2) is 5.96 Å². The number of halogens is 1. The van der Waals surface area contributed by atoms with Crippen LogP contribution in [0.1, 0.15) is 23.2 Å². The maximum absolute atomic E-state index is 5.75. The SMILES string of the molecule is CCNC(=NCCOc1cccc(C)c1)N(C)Cc1csc(C)n1.I. The van der Waals surface area contributed by atoms with Gasteiger partial charge in [-0.15, -0.1) is 35.3 Å². The van der Waals surface area contributed by atoms with E-state index < -0.39 is 0 Å². The summed E-state index contributed by atoms with van der Waals surface area (Å²) in [6, 6.07) is 8.06. The summed E-state index contributed by atoms with van der Waals surface area (Å²) < 4.78 is 5.75. The summed E-state index contributed by atoms with van der Waals surface area (Å²) in [5, 5.41) is 6.50. The first-order valence-corrected chi connectivity index (χ1v) is 9.06. The van der Waals surface area contributed by atoms with Crippen LogP contribution in [0.15, 0.2) is 34.6 Å². The highest BCUT2D eigenvalue weighted by atomic mass is 127. The zero-order valence-corrected chi connectivity index (χ0v) is 18.4. The first kappa shape index (κ1) is 21.7. The predicted molar refractivity (Wildman–Crippen MR) is 116 cm³/mol. The molecule has 0 saturated heterocycles. The molecule has 1 heterocycles. The van der Waals surface area contributed by atoms with Crippen molar-refractivity contribution < 1.29 is 4.74 Å². The lowest BCUT2D eigenvalue weighted by molar-refractivity contribution is 0.327. The van der Waals surface area contributed by atoms with Crippen molar-refractivity contribution in [3.8, 4) is 5.75 Å². The van der Waals surface area contributed by atoms with E-state index >= 15 is 0 Å². The summed E-state index contributed by atoms with van der Waals surface area (Å²) in [5.41, 5.74) is 2.27. The lowest BCUT2D eigenvalue weighted by Crippen LogP contribution is -2.38. The van der Waals surface area contributed by atoms with Crippen molar-refractivity contribution >= 4 is 41.3 Å². The highest BCUT2D eigenvalue weighted by molar-refractivity contribution is 14.0. The number of aliphatic imine (C=N–C) groups is 1. The fraction of sp³-hybridized carbons (Fsp3) is 0.444. The van der Waals surface area contributed by atoms with Crippen LogP contribution in [0.25, 0.3) is 0 Å². The number of aromatic nitrogens is 1. The number of thiazole rings is 1. The van der Waals surface area contributed by atoms with Crippen LogP contribution >= 0.6 is 35.3 Å². The molecule has 1 aromatic carbocycles. The summed E-state index contributed by atoms with van der Waals surface area (Å²) in [5.74, 6) is 1.76. The zero-order chi connectivity index (χ0) is 17.4. The van der Waals surface area contributed by atoms with Crippen LogP contribution in [0.4, 0.5) is 0 Å². The second-order valence-electron chi connectivity index (χ2n) is 5.61. The normalized spacial score (nSPS) is 11.0. The molecule has 0 aliphatic heterocycles. The lowest BCUT2D eigenvalue weighted by Gasteiger charge is -2.21. The molecule has 0 fully saturated rings. The van der Waals surface area contributed by atoms with E-state index in [0.717, 1.165) is 35.5 Å². The largest absolute Gasteiger partial charge is 0.492 e. The van der Waals surface area contributed by atoms with E-state index in [-0.39, 0.29) is 24.0 Å². The molecule has 1 aromatic heterocycles. The first-order valence-electron chi connectivity index (χ1n) is 8.18. The van der Waals surface area contributed by atoms with Crippen LogP contribution < -0.4 is 10.1 Å². The third-order valence-electron chi connectivity index (χ3n) is 3.37. The molecular weight excluding hydrogens is 447 g/mol. The van der Waals surface area contributed by atoms with Gasteiger partial charge in [-0.25, -0.2) is 9.98 Å². The Morgan fingerprint density at radius 3 is 2.80 bits per heavy atom. The maximum atomic E-state index is 5.75. The Bertz CT molecular complexity index is 675. The molecule has 2 aromatic rings. The van der Waals surface area contributed by atoms with E-state index in [9.17, 15) is 0 Å². The van der Waals surface area contributed by atoms with Crippen LogP contribution in [0, 0.1) is 13.8 Å². The van der Waals surface area contributed by atoms with Gasteiger partial charge in [-0.3, -0.25) is 0 Å². The summed E-state index contributed by atoms with van der Waals surface area (Å²) >= 11 is 1.67. The van der Waals surface area contributed by atoms with Crippen LogP contribution in [-0.4, -0.2) is 42.6 Å². The molecular formula is C18H27IN4OS. The number of nitrogens with zero attached hydrogens (tertiary/aromatic N) is 3. The molecule has 2 rings (SSSR count). The monoisotopic (exact) mass is 474 g/mol. The number of hydrogen-bond donors (Lipinski definition) is 1. The summed E-state index contributed by atoms with van der Waals surface area (Å²) in [4.78, 5) is 11.2. The van der Waals surface area contributed by atoms with Crippen molar-refractivity contribution in [2.75, 3.05) is 26.7 Å². The molecule has 0 radical (unpaired) electrons. The number of guanidine groups is 1. The second-order valence-corrected chi connectivity index (χ2v) is 6.68. The Balaban J connectivity index is 0.00000312. The van der Waals surface area contributed by atoms with E-state index in [4.69, 9.17) is 4.74 Å².